The van der Waals surface area contributed by atoms with Gasteiger partial charge in [-0.05, 0) is 62.2 Å². The summed E-state index contributed by atoms with van der Waals surface area (Å²) in [5.41, 5.74) is 1.01. The zero-order valence-electron chi connectivity index (χ0n) is 22.8. The number of carbonyl (C=O) groups is 2. The molecule has 9 nitrogen and oxygen atoms in total. The molecule has 1 aromatic carbocycles. The summed E-state index contributed by atoms with van der Waals surface area (Å²) in [7, 11) is 0. The van der Waals surface area contributed by atoms with Gasteiger partial charge in [0.25, 0.3) is 5.91 Å². The predicted molar refractivity (Wildman–Crippen MR) is 147 cm³/mol. The van der Waals surface area contributed by atoms with Crippen LogP contribution < -0.4 is 15.1 Å². The number of aromatic nitrogens is 2. The highest BCUT2D eigenvalue weighted by Gasteiger charge is 2.37. The van der Waals surface area contributed by atoms with Crippen LogP contribution in [-0.4, -0.2) is 64.8 Å². The molecule has 0 saturated carbocycles. The maximum Gasteiger partial charge on any atom is 0.433 e. The topological polar surface area (TPSA) is 108 Å². The highest BCUT2D eigenvalue weighted by Crippen LogP contribution is 2.39. The summed E-state index contributed by atoms with van der Waals surface area (Å²) in [6.45, 7) is 6.67. The Morgan fingerprint density at radius 2 is 1.95 bits per heavy atom. The first-order valence-electron chi connectivity index (χ1n) is 13.1. The van der Waals surface area contributed by atoms with E-state index in [0.717, 1.165) is 28.6 Å². The molecular formula is C29H30F3N5O4. The fourth-order valence-electron chi connectivity index (χ4n) is 5.07. The largest absolute Gasteiger partial charge is 0.433 e. The van der Waals surface area contributed by atoms with Crippen LogP contribution in [0.25, 0.3) is 11.1 Å². The first-order chi connectivity index (χ1) is 19.3. The number of hydrogen-bond acceptors (Lipinski definition) is 7. The van der Waals surface area contributed by atoms with Crippen molar-refractivity contribution in [3.05, 3.63) is 65.6 Å². The molecule has 41 heavy (non-hydrogen) atoms. The molecule has 1 fully saturated rings. The molecule has 2 aliphatic rings. The first-order valence-corrected chi connectivity index (χ1v) is 13.1. The van der Waals surface area contributed by atoms with E-state index in [0.29, 0.717) is 37.3 Å². The molecule has 0 bridgehead atoms. The number of nitrogens with one attached hydrogen (secondary N) is 1. The van der Waals surface area contributed by atoms with Crippen LogP contribution >= 0.6 is 0 Å². The molecule has 2 N–H and O–H groups in total. The van der Waals surface area contributed by atoms with E-state index >= 15 is 0 Å². The van der Waals surface area contributed by atoms with Gasteiger partial charge in [0.1, 0.15) is 5.69 Å². The Morgan fingerprint density at radius 3 is 2.68 bits per heavy atom. The van der Waals surface area contributed by atoms with E-state index in [9.17, 15) is 27.9 Å². The Morgan fingerprint density at radius 1 is 1.17 bits per heavy atom. The predicted octanol–water partition coefficient (Wildman–Crippen LogP) is 4.44. The number of alkyl halides is 3. The zero-order valence-corrected chi connectivity index (χ0v) is 22.8. The summed E-state index contributed by atoms with van der Waals surface area (Å²) >= 11 is 0. The number of aliphatic hydroxyl groups is 1. The third kappa shape index (κ3) is 6.18. The van der Waals surface area contributed by atoms with Crippen molar-refractivity contribution in [1.29, 1.82) is 0 Å². The number of amides is 2. The second-order valence-corrected chi connectivity index (χ2v) is 10.9. The second kappa shape index (κ2) is 10.7. The number of morpholine rings is 1. The number of ether oxygens (including phenoxy) is 1. The third-order valence-corrected chi connectivity index (χ3v) is 7.02. The van der Waals surface area contributed by atoms with Gasteiger partial charge in [-0.15, -0.1) is 0 Å². The molecule has 2 amide bonds. The van der Waals surface area contributed by atoms with Crippen molar-refractivity contribution in [2.24, 2.45) is 0 Å². The molecule has 3 aromatic rings. The fourth-order valence-corrected chi connectivity index (χ4v) is 5.07. The van der Waals surface area contributed by atoms with Crippen LogP contribution in [-0.2, 0) is 15.7 Å². The van der Waals surface area contributed by atoms with Crippen molar-refractivity contribution < 1.29 is 32.6 Å². The van der Waals surface area contributed by atoms with Crippen molar-refractivity contribution >= 4 is 29.0 Å². The van der Waals surface area contributed by atoms with E-state index in [-0.39, 0.29) is 30.5 Å². The molecular weight excluding hydrogens is 539 g/mol. The van der Waals surface area contributed by atoms with Gasteiger partial charge in [-0.3, -0.25) is 19.5 Å². The second-order valence-electron chi connectivity index (χ2n) is 10.9. The smallest absolute Gasteiger partial charge is 0.389 e. The van der Waals surface area contributed by atoms with Crippen LogP contribution in [0.3, 0.4) is 0 Å². The molecule has 2 aliphatic heterocycles. The maximum absolute atomic E-state index is 13.2. The van der Waals surface area contributed by atoms with Gasteiger partial charge in [-0.25, -0.2) is 4.98 Å². The monoisotopic (exact) mass is 569 g/mol. The summed E-state index contributed by atoms with van der Waals surface area (Å²) in [4.78, 5) is 37.7. The van der Waals surface area contributed by atoms with Gasteiger partial charge >= 0.3 is 6.18 Å². The minimum Gasteiger partial charge on any atom is -0.389 e. The Kier molecular flexibility index (Phi) is 7.47. The van der Waals surface area contributed by atoms with Gasteiger partial charge < -0.3 is 20.1 Å². The number of fused-ring (bicyclic) bond motifs is 3. The molecule has 0 aliphatic carbocycles. The number of carbonyl (C=O) groups excluding carboxylic acids is 2. The summed E-state index contributed by atoms with van der Waals surface area (Å²) in [6, 6.07) is 8.87. The van der Waals surface area contributed by atoms with Crippen molar-refractivity contribution in [2.45, 2.75) is 45.0 Å². The van der Waals surface area contributed by atoms with E-state index in [1.54, 1.807) is 38.2 Å². The van der Waals surface area contributed by atoms with E-state index < -0.39 is 23.4 Å². The average molecular weight is 570 g/mol. The lowest BCUT2D eigenvalue weighted by Crippen LogP contribution is -2.46. The maximum atomic E-state index is 13.2. The van der Waals surface area contributed by atoms with Gasteiger partial charge in [0, 0.05) is 42.2 Å². The van der Waals surface area contributed by atoms with E-state index in [1.165, 1.54) is 11.0 Å². The summed E-state index contributed by atoms with van der Waals surface area (Å²) in [6.07, 6.45) is -1.87. The van der Waals surface area contributed by atoms with Crippen molar-refractivity contribution in [1.82, 2.24) is 9.97 Å². The average Bonchev–Trinajstić information content (AvgIpc) is 3.02. The number of hydrogen-bond donors (Lipinski definition) is 2. The Balaban J connectivity index is 1.50. The van der Waals surface area contributed by atoms with Crippen molar-refractivity contribution in [3.63, 3.8) is 0 Å². The molecule has 2 aromatic heterocycles. The Bertz CT molecular complexity index is 1490. The van der Waals surface area contributed by atoms with E-state index in [4.69, 9.17) is 4.74 Å². The number of pyridine rings is 2. The highest BCUT2D eigenvalue weighted by atomic mass is 19.4. The van der Waals surface area contributed by atoms with E-state index in [2.05, 4.69) is 20.2 Å². The number of halogens is 3. The number of β-amino-alcohol motifs (C(OH)–C–C–N with tert-alkyl or cyclic N) is 1. The summed E-state index contributed by atoms with van der Waals surface area (Å²) in [5.74, 6) is -0.410. The third-order valence-electron chi connectivity index (χ3n) is 7.02. The summed E-state index contributed by atoms with van der Waals surface area (Å²) in [5, 5.41) is 13.2. The molecule has 12 heteroatoms. The lowest BCUT2D eigenvalue weighted by molar-refractivity contribution is -0.141. The van der Waals surface area contributed by atoms with Crippen LogP contribution in [0.1, 0.15) is 41.9 Å². The van der Waals surface area contributed by atoms with Crippen molar-refractivity contribution in [2.75, 3.05) is 41.4 Å². The lowest BCUT2D eigenvalue weighted by Gasteiger charge is -2.36. The fraction of sp³-hybridized carbons (Fsp3) is 0.379. The number of anilines is 3. The molecule has 4 heterocycles. The zero-order chi connectivity index (χ0) is 29.5. The van der Waals surface area contributed by atoms with Gasteiger partial charge in [0.15, 0.2) is 5.82 Å². The minimum atomic E-state index is -4.67. The van der Waals surface area contributed by atoms with Crippen LogP contribution in [0.15, 0.2) is 48.8 Å². The number of rotatable bonds is 5. The molecule has 0 unspecified atom stereocenters. The molecule has 5 rings (SSSR count). The molecule has 0 radical (unpaired) electrons. The van der Waals surface area contributed by atoms with Crippen LogP contribution in [0.5, 0.6) is 0 Å². The van der Waals surface area contributed by atoms with Gasteiger partial charge in [-0.2, -0.15) is 13.2 Å². The molecule has 0 spiro atoms. The quantitative estimate of drug-likeness (QED) is 0.468. The Labute approximate surface area is 235 Å². The van der Waals surface area contributed by atoms with Crippen LogP contribution in [0.4, 0.5) is 30.4 Å². The molecule has 216 valence electrons. The normalized spacial score (nSPS) is 17.5. The van der Waals surface area contributed by atoms with Gasteiger partial charge in [0.2, 0.25) is 5.91 Å². The number of nitrogens with zero attached hydrogens (tertiary/aromatic N) is 4. The van der Waals surface area contributed by atoms with Crippen LogP contribution in [0, 0.1) is 6.92 Å². The van der Waals surface area contributed by atoms with Gasteiger partial charge in [-0.1, -0.05) is 6.07 Å². The van der Waals surface area contributed by atoms with Crippen molar-refractivity contribution in [3.8, 4) is 11.1 Å². The summed E-state index contributed by atoms with van der Waals surface area (Å²) < 4.78 is 44.9. The van der Waals surface area contributed by atoms with Crippen LogP contribution in [0.2, 0.25) is 0 Å². The van der Waals surface area contributed by atoms with Gasteiger partial charge in [0.05, 0.1) is 37.1 Å². The minimum absolute atomic E-state index is 0.0677. The van der Waals surface area contributed by atoms with E-state index in [1.807, 2.05) is 13.0 Å². The highest BCUT2D eigenvalue weighted by molar-refractivity contribution is 6.04. The SMILES string of the molecule is Cc1ccc(NC(=O)c2ccnc(C(F)(F)F)c2)cc1-c1cnc2c(c1)N1CCOC[C@H]1CC(=O)N2CC(C)(C)O. The number of aryl methyl sites for hydroxylation is 1. The first kappa shape index (κ1) is 28.5. The standard InChI is InChI=1S/C29H30F3N5O4/c1-17-4-5-20(35-27(39)18-6-7-33-24(11-18)29(30,31)32)12-22(17)19-10-23-26(34-14-19)37(16-28(2,3)40)25(38)13-21-15-41-9-8-36(21)23/h4-7,10-12,14,21,40H,8-9,13,15-16H2,1-3H3,(H,35,39)/t21-/m1/s1. The Hall–Kier alpha value is -4.03. The molecule has 1 saturated heterocycles. The molecule has 1 atom stereocenters. The number of benzene rings is 1. The lowest BCUT2D eigenvalue weighted by atomic mass is 10.00.